The molecule has 136 valence electrons. The Hall–Kier alpha value is -1.78. The molecule has 0 saturated carbocycles. The Labute approximate surface area is 158 Å². The van der Waals surface area contributed by atoms with Crippen LogP contribution in [0.1, 0.15) is 30.4 Å². The predicted molar refractivity (Wildman–Crippen MR) is 103 cm³/mol. The van der Waals surface area contributed by atoms with Gasteiger partial charge in [0.1, 0.15) is 6.67 Å². The highest BCUT2D eigenvalue weighted by Crippen LogP contribution is 2.34. The highest BCUT2D eigenvalue weighted by Gasteiger charge is 2.28. The number of hydrogen-bond acceptors (Lipinski definition) is 3. The maximum Gasteiger partial charge on any atom is 0.167 e. The smallest absolute Gasteiger partial charge is 0.167 e. The molecule has 26 heavy (non-hydrogen) atoms. The average Bonchev–Trinajstić information content (AvgIpc) is 3.22. The van der Waals surface area contributed by atoms with Gasteiger partial charge in [-0.1, -0.05) is 17.7 Å². The number of nitrogens with zero attached hydrogens (tertiary/aromatic N) is 2. The predicted octanol–water partition coefficient (Wildman–Crippen LogP) is 4.26. The van der Waals surface area contributed by atoms with Crippen LogP contribution in [0.5, 0.6) is 0 Å². The van der Waals surface area contributed by atoms with Crippen LogP contribution < -0.4 is 0 Å². The van der Waals surface area contributed by atoms with E-state index in [0.29, 0.717) is 23.9 Å². The summed E-state index contributed by atoms with van der Waals surface area (Å²) in [5.74, 6) is 0.621. The van der Waals surface area contributed by atoms with Crippen LogP contribution in [0.2, 0.25) is 5.02 Å². The molecule has 2 heterocycles. The van der Waals surface area contributed by atoms with Crippen molar-refractivity contribution in [1.29, 1.82) is 0 Å². The van der Waals surface area contributed by atoms with E-state index in [-0.39, 0.29) is 12.5 Å². The normalized spacial score (nSPS) is 22.7. The molecule has 4 rings (SSSR count). The molecule has 0 spiro atoms. The van der Waals surface area contributed by atoms with Crippen molar-refractivity contribution in [2.75, 3.05) is 26.3 Å². The van der Waals surface area contributed by atoms with Crippen molar-refractivity contribution in [3.63, 3.8) is 0 Å². The summed E-state index contributed by atoms with van der Waals surface area (Å²) in [4.78, 5) is 19.2. The maximum atomic E-state index is 12.5. The number of fused-ring (bicyclic) bond motifs is 1. The van der Waals surface area contributed by atoms with Crippen LogP contribution in [0.15, 0.2) is 41.0 Å². The summed E-state index contributed by atoms with van der Waals surface area (Å²) in [6.07, 6.45) is 7.21. The largest absolute Gasteiger partial charge is 0.301 e. The molecule has 1 aliphatic carbocycles. The van der Waals surface area contributed by atoms with E-state index in [1.54, 1.807) is 0 Å². The number of carbonyl (C=O) groups excluding carboxylic acids is 1. The minimum atomic E-state index is -0.273. The molecular weight excluding hydrogens is 351 g/mol. The number of hydrogen-bond donors (Lipinski definition) is 0. The number of Topliss-reactive ketones (excluding diaryl/α,β-unsaturated/α-hetero) is 1. The zero-order valence-corrected chi connectivity index (χ0v) is 15.4. The Balaban J connectivity index is 1.42. The maximum absolute atomic E-state index is 12.5. The number of likely N-dealkylation sites (tertiary alicyclic amines) is 1. The Bertz CT molecular complexity index is 819. The first kappa shape index (κ1) is 17.6. The Morgan fingerprint density at radius 3 is 2.85 bits per heavy atom. The Morgan fingerprint density at radius 1 is 1.27 bits per heavy atom. The lowest BCUT2D eigenvalue weighted by molar-refractivity contribution is -0.112. The molecule has 2 aliphatic heterocycles. The third-order valence-corrected chi connectivity index (χ3v) is 5.82. The summed E-state index contributed by atoms with van der Waals surface area (Å²) in [6, 6.07) is 5.65. The number of aliphatic imine (C=N–C) groups is 1. The molecule has 1 aromatic rings. The van der Waals surface area contributed by atoms with E-state index in [9.17, 15) is 9.18 Å². The third kappa shape index (κ3) is 3.53. The highest BCUT2D eigenvalue weighted by atomic mass is 35.5. The number of halogens is 2. The van der Waals surface area contributed by atoms with E-state index in [1.807, 2.05) is 30.5 Å². The van der Waals surface area contributed by atoms with Crippen molar-refractivity contribution < 1.29 is 9.18 Å². The molecule has 0 atom stereocenters. The lowest BCUT2D eigenvalue weighted by Crippen LogP contribution is -2.37. The van der Waals surface area contributed by atoms with Crippen LogP contribution >= 0.6 is 11.6 Å². The zero-order valence-electron chi connectivity index (χ0n) is 14.7. The van der Waals surface area contributed by atoms with Gasteiger partial charge in [-0.05, 0) is 60.8 Å². The van der Waals surface area contributed by atoms with Gasteiger partial charge in [-0.3, -0.25) is 9.79 Å². The number of benzene rings is 1. The summed E-state index contributed by atoms with van der Waals surface area (Å²) in [6.45, 7) is 2.14. The quantitative estimate of drug-likeness (QED) is 0.740. The van der Waals surface area contributed by atoms with Gasteiger partial charge in [0.15, 0.2) is 5.78 Å². The first-order chi connectivity index (χ1) is 12.6. The molecular formula is C21H22ClFN2O. The van der Waals surface area contributed by atoms with Crippen LogP contribution in [0, 0.1) is 5.92 Å². The molecule has 1 saturated heterocycles. The van der Waals surface area contributed by atoms with E-state index >= 15 is 0 Å². The van der Waals surface area contributed by atoms with E-state index in [0.717, 1.165) is 54.6 Å². The van der Waals surface area contributed by atoms with Crippen molar-refractivity contribution >= 4 is 28.7 Å². The summed E-state index contributed by atoms with van der Waals surface area (Å²) in [5.41, 5.74) is 5.04. The van der Waals surface area contributed by atoms with Gasteiger partial charge in [-0.15, -0.1) is 0 Å². The molecule has 0 amide bonds. The Morgan fingerprint density at radius 2 is 2.08 bits per heavy atom. The number of piperidine rings is 1. The molecule has 5 heteroatoms. The lowest BCUT2D eigenvalue weighted by Gasteiger charge is -2.31. The summed E-state index contributed by atoms with van der Waals surface area (Å²) < 4.78 is 12.5. The third-order valence-electron chi connectivity index (χ3n) is 5.58. The number of carbonyl (C=O) groups is 1. The highest BCUT2D eigenvalue weighted by molar-refractivity contribution is 6.32. The van der Waals surface area contributed by atoms with Crippen LogP contribution in [0.3, 0.4) is 0 Å². The van der Waals surface area contributed by atoms with Crippen molar-refractivity contribution in [2.45, 2.75) is 25.7 Å². The molecule has 0 N–H and O–H groups in total. The summed E-state index contributed by atoms with van der Waals surface area (Å²) >= 11 is 6.11. The number of ketones is 1. The number of allylic oxidation sites excluding steroid dienone is 3. The minimum Gasteiger partial charge on any atom is -0.301 e. The molecule has 1 fully saturated rings. The zero-order chi connectivity index (χ0) is 18.1. The second-order valence-electron chi connectivity index (χ2n) is 7.27. The van der Waals surface area contributed by atoms with Gasteiger partial charge in [0.25, 0.3) is 0 Å². The number of rotatable bonds is 4. The van der Waals surface area contributed by atoms with Crippen molar-refractivity contribution in [2.24, 2.45) is 10.9 Å². The van der Waals surface area contributed by atoms with Crippen LogP contribution in [0.25, 0.3) is 5.57 Å². The van der Waals surface area contributed by atoms with E-state index in [2.05, 4.69) is 9.89 Å². The topological polar surface area (TPSA) is 32.7 Å². The SMILES string of the molecule is O=C1Cc2ccc(Cl)cc2/C1=C/C1=CN=C(C2CCN(CCF)CC2)C1. The van der Waals surface area contributed by atoms with Crippen LogP contribution in [0.4, 0.5) is 4.39 Å². The van der Waals surface area contributed by atoms with Crippen molar-refractivity contribution in [3.05, 3.63) is 52.2 Å². The van der Waals surface area contributed by atoms with E-state index in [4.69, 9.17) is 11.6 Å². The molecule has 0 aromatic heterocycles. The van der Waals surface area contributed by atoms with Gasteiger partial charge in [-0.2, -0.15) is 0 Å². The van der Waals surface area contributed by atoms with Gasteiger partial charge in [0, 0.05) is 47.8 Å². The monoisotopic (exact) mass is 372 g/mol. The Kier molecular flexibility index (Phi) is 5.05. The first-order valence-electron chi connectivity index (χ1n) is 9.21. The first-order valence-corrected chi connectivity index (χ1v) is 9.59. The van der Waals surface area contributed by atoms with Gasteiger partial charge in [0.05, 0.1) is 0 Å². The molecule has 3 nitrogen and oxygen atoms in total. The van der Waals surface area contributed by atoms with Gasteiger partial charge >= 0.3 is 0 Å². The lowest BCUT2D eigenvalue weighted by atomic mass is 9.89. The van der Waals surface area contributed by atoms with Crippen LogP contribution in [-0.4, -0.2) is 42.7 Å². The molecule has 0 unspecified atom stereocenters. The fourth-order valence-corrected chi connectivity index (χ4v) is 4.30. The van der Waals surface area contributed by atoms with Crippen molar-refractivity contribution in [1.82, 2.24) is 4.90 Å². The summed E-state index contributed by atoms with van der Waals surface area (Å²) in [5, 5.41) is 0.654. The molecule has 1 aromatic carbocycles. The van der Waals surface area contributed by atoms with Gasteiger partial charge in [-0.25, -0.2) is 4.39 Å². The fraction of sp³-hybridized carbons (Fsp3) is 0.429. The van der Waals surface area contributed by atoms with Gasteiger partial charge < -0.3 is 4.90 Å². The van der Waals surface area contributed by atoms with Gasteiger partial charge in [0.2, 0.25) is 0 Å². The molecule has 0 bridgehead atoms. The second kappa shape index (κ2) is 7.45. The number of alkyl halides is 1. The molecule has 3 aliphatic rings. The minimum absolute atomic E-state index is 0.149. The van der Waals surface area contributed by atoms with Crippen LogP contribution in [-0.2, 0) is 11.2 Å². The van der Waals surface area contributed by atoms with E-state index in [1.165, 1.54) is 5.71 Å². The standard InChI is InChI=1S/C21H22ClFN2O/c22-17-2-1-16-11-21(26)19(18(16)12-17)9-14-10-20(24-13-14)15-3-6-25(7-4-15)8-5-23/h1-2,9,12-13,15H,3-8,10-11H2/b19-9-. The second-order valence-corrected chi connectivity index (χ2v) is 7.70. The average molecular weight is 373 g/mol. The fourth-order valence-electron chi connectivity index (χ4n) is 4.13. The summed E-state index contributed by atoms with van der Waals surface area (Å²) in [7, 11) is 0. The molecule has 0 radical (unpaired) electrons. The van der Waals surface area contributed by atoms with E-state index < -0.39 is 0 Å². The van der Waals surface area contributed by atoms with Crippen molar-refractivity contribution in [3.8, 4) is 0 Å².